The van der Waals surface area contributed by atoms with Crippen molar-refractivity contribution in [2.45, 2.75) is 71.9 Å². The molecule has 1 aliphatic rings. The van der Waals surface area contributed by atoms with Gasteiger partial charge in [0.05, 0.1) is 5.69 Å². The van der Waals surface area contributed by atoms with E-state index in [0.29, 0.717) is 6.54 Å². The third kappa shape index (κ3) is 5.21. The number of amides is 2. The summed E-state index contributed by atoms with van der Waals surface area (Å²) >= 11 is 0. The monoisotopic (exact) mass is 430 g/mol. The van der Waals surface area contributed by atoms with Gasteiger partial charge >= 0.3 is 6.03 Å². The predicted molar refractivity (Wildman–Crippen MR) is 130 cm³/mol. The topological polar surface area (TPSA) is 50.2 Å². The number of aromatic nitrogens is 2. The lowest BCUT2D eigenvalue weighted by molar-refractivity contribution is 0.175. The molecule has 1 fully saturated rings. The highest BCUT2D eigenvalue weighted by atomic mass is 16.2. The molecular weight excluding hydrogens is 396 g/mol. The maximum Gasteiger partial charge on any atom is 0.322 e. The fourth-order valence-electron chi connectivity index (χ4n) is 4.86. The molecule has 0 radical (unpaired) electrons. The Labute approximate surface area is 191 Å². The van der Waals surface area contributed by atoms with Crippen LogP contribution >= 0.6 is 0 Å². The van der Waals surface area contributed by atoms with Crippen LogP contribution in [0.2, 0.25) is 0 Å². The lowest BCUT2D eigenvalue weighted by Gasteiger charge is -2.32. The smallest absolute Gasteiger partial charge is 0.317 e. The number of nitrogens with zero attached hydrogens (tertiary/aromatic N) is 3. The molecule has 0 saturated heterocycles. The number of rotatable bonds is 5. The Morgan fingerprint density at radius 3 is 2.28 bits per heavy atom. The van der Waals surface area contributed by atoms with Crippen LogP contribution in [-0.4, -0.2) is 26.8 Å². The fourth-order valence-corrected chi connectivity index (χ4v) is 4.86. The largest absolute Gasteiger partial charge is 0.322 e. The van der Waals surface area contributed by atoms with Crippen molar-refractivity contribution in [1.29, 1.82) is 0 Å². The van der Waals surface area contributed by atoms with E-state index in [1.165, 1.54) is 31.2 Å². The Hall–Kier alpha value is -3.08. The van der Waals surface area contributed by atoms with Gasteiger partial charge in [-0.3, -0.25) is 0 Å². The molecule has 2 amide bonds. The molecule has 1 N–H and O–H groups in total. The van der Waals surface area contributed by atoms with E-state index in [9.17, 15) is 4.79 Å². The first-order chi connectivity index (χ1) is 15.5. The molecule has 0 bridgehead atoms. The van der Waals surface area contributed by atoms with E-state index in [1.54, 1.807) is 6.20 Å². The molecule has 3 aromatic rings. The molecule has 32 heavy (non-hydrogen) atoms. The van der Waals surface area contributed by atoms with Crippen LogP contribution in [0, 0.1) is 20.8 Å². The molecule has 1 aliphatic carbocycles. The second kappa shape index (κ2) is 10.0. The molecule has 1 heterocycles. The molecule has 0 aliphatic heterocycles. The first-order valence-corrected chi connectivity index (χ1v) is 11.8. The standard InChI is InChI=1S/C27H34N4O/c1-20-17-21(2)26(22(3)18-20)29-27(32)30(24-9-6-4-5-7-10-24)19-23-11-13-25(14-12-23)31-16-8-15-28-31/h8,11-18,24H,4-7,9-10,19H2,1-3H3,(H,29,32). The summed E-state index contributed by atoms with van der Waals surface area (Å²) in [7, 11) is 0. The van der Waals surface area contributed by atoms with Crippen molar-refractivity contribution >= 4 is 11.7 Å². The Kier molecular flexibility index (Phi) is 6.93. The van der Waals surface area contributed by atoms with Gasteiger partial charge in [0.15, 0.2) is 0 Å². The van der Waals surface area contributed by atoms with E-state index in [0.717, 1.165) is 40.9 Å². The van der Waals surface area contributed by atoms with Crippen LogP contribution in [0.1, 0.15) is 60.8 Å². The maximum absolute atomic E-state index is 13.6. The van der Waals surface area contributed by atoms with Gasteiger partial charge in [-0.25, -0.2) is 9.48 Å². The first kappa shape index (κ1) is 22.1. The van der Waals surface area contributed by atoms with E-state index < -0.39 is 0 Å². The van der Waals surface area contributed by atoms with Gasteiger partial charge in [-0.15, -0.1) is 0 Å². The van der Waals surface area contributed by atoms with E-state index in [2.05, 4.69) is 72.5 Å². The van der Waals surface area contributed by atoms with Crippen molar-refractivity contribution in [1.82, 2.24) is 14.7 Å². The van der Waals surface area contributed by atoms with Gasteiger partial charge < -0.3 is 10.2 Å². The summed E-state index contributed by atoms with van der Waals surface area (Å²) in [6.45, 7) is 6.84. The van der Waals surface area contributed by atoms with Gasteiger partial charge in [0.2, 0.25) is 0 Å². The second-order valence-corrected chi connectivity index (χ2v) is 9.09. The molecule has 1 saturated carbocycles. The lowest BCUT2D eigenvalue weighted by atomic mass is 10.0. The molecule has 4 rings (SSSR count). The predicted octanol–water partition coefficient (Wildman–Crippen LogP) is 6.55. The Morgan fingerprint density at radius 1 is 1.03 bits per heavy atom. The number of carbonyl (C=O) groups is 1. The number of anilines is 1. The van der Waals surface area contributed by atoms with E-state index in [4.69, 9.17) is 0 Å². The molecule has 0 atom stereocenters. The third-order valence-corrected chi connectivity index (χ3v) is 6.49. The molecular formula is C27H34N4O. The number of hydrogen-bond donors (Lipinski definition) is 1. The van der Waals surface area contributed by atoms with Gasteiger partial charge in [-0.2, -0.15) is 5.10 Å². The molecule has 5 heteroatoms. The van der Waals surface area contributed by atoms with Crippen LogP contribution in [0.25, 0.3) is 5.69 Å². The van der Waals surface area contributed by atoms with Crippen LogP contribution in [0.5, 0.6) is 0 Å². The highest BCUT2D eigenvalue weighted by Gasteiger charge is 2.25. The number of carbonyl (C=O) groups excluding carboxylic acids is 1. The van der Waals surface area contributed by atoms with Crippen LogP contribution < -0.4 is 5.32 Å². The molecule has 168 valence electrons. The summed E-state index contributed by atoms with van der Waals surface area (Å²) in [4.78, 5) is 15.6. The molecule has 1 aromatic heterocycles. The maximum atomic E-state index is 13.6. The van der Waals surface area contributed by atoms with Gasteiger partial charge in [-0.05, 0) is 68.5 Å². The van der Waals surface area contributed by atoms with Crippen molar-refractivity contribution in [3.63, 3.8) is 0 Å². The fraction of sp³-hybridized carbons (Fsp3) is 0.407. The number of aryl methyl sites for hydroxylation is 3. The average molecular weight is 431 g/mol. The molecule has 0 spiro atoms. The van der Waals surface area contributed by atoms with E-state index in [1.807, 2.05) is 16.9 Å². The van der Waals surface area contributed by atoms with Gasteiger partial charge in [0, 0.05) is 30.7 Å². The highest BCUT2D eigenvalue weighted by molar-refractivity contribution is 5.91. The van der Waals surface area contributed by atoms with Crippen molar-refractivity contribution < 1.29 is 4.79 Å². The SMILES string of the molecule is Cc1cc(C)c(NC(=O)N(Cc2ccc(-n3cccn3)cc2)C2CCCCCC2)c(C)c1. The Morgan fingerprint density at radius 2 is 1.69 bits per heavy atom. The zero-order valence-electron chi connectivity index (χ0n) is 19.5. The minimum Gasteiger partial charge on any atom is -0.317 e. The minimum absolute atomic E-state index is 0.00288. The Balaban J connectivity index is 1.56. The second-order valence-electron chi connectivity index (χ2n) is 9.09. The minimum atomic E-state index is 0.00288. The van der Waals surface area contributed by atoms with Gasteiger partial charge in [0.25, 0.3) is 0 Å². The summed E-state index contributed by atoms with van der Waals surface area (Å²) in [5.41, 5.74) is 6.54. The van der Waals surface area contributed by atoms with Crippen LogP contribution in [-0.2, 0) is 6.54 Å². The van der Waals surface area contributed by atoms with Crippen molar-refractivity contribution in [2.75, 3.05) is 5.32 Å². The number of nitrogens with one attached hydrogen (secondary N) is 1. The normalized spacial score (nSPS) is 14.7. The zero-order chi connectivity index (χ0) is 22.5. The summed E-state index contributed by atoms with van der Waals surface area (Å²) < 4.78 is 1.85. The van der Waals surface area contributed by atoms with Crippen LogP contribution in [0.15, 0.2) is 54.9 Å². The molecule has 0 unspecified atom stereocenters. The third-order valence-electron chi connectivity index (χ3n) is 6.49. The number of benzene rings is 2. The van der Waals surface area contributed by atoms with Crippen LogP contribution in [0.3, 0.4) is 0 Å². The van der Waals surface area contributed by atoms with E-state index >= 15 is 0 Å². The van der Waals surface area contributed by atoms with E-state index in [-0.39, 0.29) is 12.1 Å². The molecule has 2 aromatic carbocycles. The quantitative estimate of drug-likeness (QED) is 0.466. The summed E-state index contributed by atoms with van der Waals surface area (Å²) in [6.07, 6.45) is 10.8. The summed E-state index contributed by atoms with van der Waals surface area (Å²) in [5.74, 6) is 0. The van der Waals surface area contributed by atoms with Crippen molar-refractivity contribution in [3.8, 4) is 5.69 Å². The average Bonchev–Trinajstić information content (AvgIpc) is 3.18. The summed E-state index contributed by atoms with van der Waals surface area (Å²) in [5, 5.41) is 7.55. The lowest BCUT2D eigenvalue weighted by Crippen LogP contribution is -2.42. The zero-order valence-corrected chi connectivity index (χ0v) is 19.5. The first-order valence-electron chi connectivity index (χ1n) is 11.8. The Bertz CT molecular complexity index is 1010. The molecule has 5 nitrogen and oxygen atoms in total. The number of urea groups is 1. The van der Waals surface area contributed by atoms with Gasteiger partial charge in [-0.1, -0.05) is 55.5 Å². The summed E-state index contributed by atoms with van der Waals surface area (Å²) in [6, 6.07) is 14.8. The van der Waals surface area contributed by atoms with Gasteiger partial charge in [0.1, 0.15) is 0 Å². The number of hydrogen-bond acceptors (Lipinski definition) is 2. The highest BCUT2D eigenvalue weighted by Crippen LogP contribution is 2.27. The van der Waals surface area contributed by atoms with Crippen molar-refractivity contribution in [2.24, 2.45) is 0 Å². The van der Waals surface area contributed by atoms with Crippen molar-refractivity contribution in [3.05, 3.63) is 77.1 Å². The van der Waals surface area contributed by atoms with Crippen LogP contribution in [0.4, 0.5) is 10.5 Å².